The second kappa shape index (κ2) is 8.58. The third kappa shape index (κ3) is 4.25. The normalized spacial score (nSPS) is 11.1. The zero-order valence-electron chi connectivity index (χ0n) is 17.3. The van der Waals surface area contributed by atoms with Crippen LogP contribution in [0.5, 0.6) is 0 Å². The number of anilines is 1. The predicted molar refractivity (Wildman–Crippen MR) is 127 cm³/mol. The number of carbonyl (C=O) groups is 1. The molecule has 0 aliphatic carbocycles. The number of thiazole rings is 1. The molecule has 3 aromatic carbocycles. The number of rotatable bonds is 5. The van der Waals surface area contributed by atoms with Crippen LogP contribution < -0.4 is 4.90 Å². The summed E-state index contributed by atoms with van der Waals surface area (Å²) in [6, 6.07) is 20.0. The van der Waals surface area contributed by atoms with Gasteiger partial charge in [0.05, 0.1) is 22.7 Å². The van der Waals surface area contributed by atoms with E-state index in [1.54, 1.807) is 4.90 Å². The van der Waals surface area contributed by atoms with E-state index in [1.807, 2.05) is 48.5 Å². The number of para-hydroxylation sites is 1. The summed E-state index contributed by atoms with van der Waals surface area (Å²) in [6.07, 6.45) is 0.342. The maximum atomic E-state index is 13.5. The van der Waals surface area contributed by atoms with Crippen LogP contribution in [0.3, 0.4) is 0 Å². The fourth-order valence-corrected chi connectivity index (χ4v) is 5.06. The van der Waals surface area contributed by atoms with Gasteiger partial charge in [-0.3, -0.25) is 9.69 Å². The summed E-state index contributed by atoms with van der Waals surface area (Å²) in [5.74, 6) is 0.0316. The lowest BCUT2D eigenvalue weighted by atomic mass is 9.97. The number of amides is 1. The van der Waals surface area contributed by atoms with E-state index < -0.39 is 0 Å². The van der Waals surface area contributed by atoms with Crippen LogP contribution in [-0.4, -0.2) is 10.9 Å². The first-order valence-electron chi connectivity index (χ1n) is 9.88. The van der Waals surface area contributed by atoms with E-state index in [1.165, 1.54) is 16.9 Å². The first-order chi connectivity index (χ1) is 14.4. The number of nitrogens with zero attached hydrogens (tertiary/aromatic N) is 2. The average molecular weight is 435 g/mol. The van der Waals surface area contributed by atoms with Crippen LogP contribution in [-0.2, 0) is 17.8 Å². The molecule has 0 radical (unpaired) electrons. The van der Waals surface area contributed by atoms with Gasteiger partial charge < -0.3 is 0 Å². The number of carbonyl (C=O) groups excluding carboxylic acids is 1. The van der Waals surface area contributed by atoms with Gasteiger partial charge in [-0.25, -0.2) is 4.98 Å². The highest BCUT2D eigenvalue weighted by atomic mass is 35.5. The summed E-state index contributed by atoms with van der Waals surface area (Å²) < 4.78 is 0.978. The van der Waals surface area contributed by atoms with Crippen molar-refractivity contribution < 1.29 is 4.79 Å². The maximum absolute atomic E-state index is 13.5. The highest BCUT2D eigenvalue weighted by molar-refractivity contribution is 7.22. The molecule has 0 unspecified atom stereocenters. The summed E-state index contributed by atoms with van der Waals surface area (Å²) in [6.45, 7) is 6.70. The van der Waals surface area contributed by atoms with Gasteiger partial charge in [-0.15, -0.1) is 0 Å². The molecule has 0 saturated carbocycles. The number of aromatic nitrogens is 1. The lowest BCUT2D eigenvalue weighted by molar-refractivity contribution is -0.118. The molecule has 1 amide bonds. The van der Waals surface area contributed by atoms with Gasteiger partial charge in [0, 0.05) is 0 Å². The van der Waals surface area contributed by atoms with E-state index in [2.05, 4.69) is 32.9 Å². The minimum Gasteiger partial charge on any atom is -0.283 e. The van der Waals surface area contributed by atoms with Gasteiger partial charge in [0.2, 0.25) is 5.91 Å². The molecule has 0 aliphatic rings. The summed E-state index contributed by atoms with van der Waals surface area (Å²) in [7, 11) is 0. The van der Waals surface area contributed by atoms with Crippen LogP contribution in [0.4, 0.5) is 5.13 Å². The summed E-state index contributed by atoms with van der Waals surface area (Å²) >= 11 is 7.84. The van der Waals surface area contributed by atoms with E-state index in [9.17, 15) is 4.79 Å². The zero-order chi connectivity index (χ0) is 21.3. The van der Waals surface area contributed by atoms with E-state index in [0.717, 1.165) is 32.5 Å². The highest BCUT2D eigenvalue weighted by Crippen LogP contribution is 2.34. The Morgan fingerprint density at radius 2 is 1.70 bits per heavy atom. The Morgan fingerprint density at radius 1 is 1.00 bits per heavy atom. The topological polar surface area (TPSA) is 33.2 Å². The van der Waals surface area contributed by atoms with E-state index in [0.29, 0.717) is 23.1 Å². The number of halogens is 1. The highest BCUT2D eigenvalue weighted by Gasteiger charge is 2.22. The molecule has 5 heteroatoms. The molecule has 0 atom stereocenters. The van der Waals surface area contributed by atoms with E-state index in [-0.39, 0.29) is 5.91 Å². The van der Waals surface area contributed by atoms with Gasteiger partial charge in [-0.1, -0.05) is 77.0 Å². The van der Waals surface area contributed by atoms with Crippen molar-refractivity contribution in [2.24, 2.45) is 0 Å². The molecule has 4 rings (SSSR count). The Bertz CT molecular complexity index is 1190. The molecule has 0 fully saturated rings. The summed E-state index contributed by atoms with van der Waals surface area (Å²) in [5.41, 5.74) is 6.40. The largest absolute Gasteiger partial charge is 0.283 e. The molecule has 0 aliphatic heterocycles. The number of hydrogen-bond acceptors (Lipinski definition) is 3. The molecule has 0 bridgehead atoms. The van der Waals surface area contributed by atoms with Crippen LogP contribution in [0.1, 0.15) is 27.8 Å². The summed E-state index contributed by atoms with van der Waals surface area (Å²) in [4.78, 5) is 20.0. The average Bonchev–Trinajstić information content (AvgIpc) is 3.15. The Labute approximate surface area is 186 Å². The van der Waals surface area contributed by atoms with Gasteiger partial charge in [-0.05, 0) is 55.2 Å². The van der Waals surface area contributed by atoms with Crippen molar-refractivity contribution in [3.05, 3.63) is 93.5 Å². The molecular formula is C25H23ClN2OS. The Kier molecular flexibility index (Phi) is 5.89. The molecule has 4 aromatic rings. The molecule has 0 spiro atoms. The Hall–Kier alpha value is -2.69. The first kappa shape index (κ1) is 20.6. The Morgan fingerprint density at radius 3 is 2.37 bits per heavy atom. The molecule has 0 saturated heterocycles. The molecular weight excluding hydrogens is 412 g/mol. The molecule has 1 heterocycles. The lowest BCUT2D eigenvalue weighted by Gasteiger charge is -2.21. The molecule has 1 aromatic heterocycles. The molecule has 152 valence electrons. The molecule has 3 nitrogen and oxygen atoms in total. The van der Waals surface area contributed by atoms with Crippen LogP contribution >= 0.6 is 22.9 Å². The lowest BCUT2D eigenvalue weighted by Crippen LogP contribution is -2.32. The van der Waals surface area contributed by atoms with Crippen LogP contribution in [0, 0.1) is 20.8 Å². The van der Waals surface area contributed by atoms with Crippen molar-refractivity contribution >= 4 is 44.2 Å². The van der Waals surface area contributed by atoms with Crippen molar-refractivity contribution in [1.82, 2.24) is 4.98 Å². The zero-order valence-corrected chi connectivity index (χ0v) is 18.8. The fraction of sp³-hybridized carbons (Fsp3) is 0.200. The molecule has 0 N–H and O–H groups in total. The van der Waals surface area contributed by atoms with Gasteiger partial charge >= 0.3 is 0 Å². The van der Waals surface area contributed by atoms with Gasteiger partial charge in [0.1, 0.15) is 5.52 Å². The van der Waals surface area contributed by atoms with Crippen LogP contribution in [0.25, 0.3) is 10.2 Å². The number of benzene rings is 3. The van der Waals surface area contributed by atoms with Crippen LogP contribution in [0.2, 0.25) is 5.02 Å². The van der Waals surface area contributed by atoms with Crippen molar-refractivity contribution in [3.8, 4) is 0 Å². The Balaban J connectivity index is 1.73. The van der Waals surface area contributed by atoms with Gasteiger partial charge in [-0.2, -0.15) is 0 Å². The number of hydrogen-bond donors (Lipinski definition) is 0. The monoisotopic (exact) mass is 434 g/mol. The number of fused-ring (bicyclic) bond motifs is 1. The smallest absolute Gasteiger partial charge is 0.233 e. The van der Waals surface area contributed by atoms with Gasteiger partial charge in [0.25, 0.3) is 0 Å². The van der Waals surface area contributed by atoms with Crippen molar-refractivity contribution in [3.63, 3.8) is 0 Å². The SMILES string of the molecule is Cc1cc(C)c(CC(=O)N(Cc2ccccc2)c2nc3c(Cl)cccc3s2)c(C)c1. The van der Waals surface area contributed by atoms with Crippen molar-refractivity contribution in [1.29, 1.82) is 0 Å². The number of aryl methyl sites for hydroxylation is 3. The minimum absolute atomic E-state index is 0.0316. The second-order valence-electron chi connectivity index (χ2n) is 7.60. The van der Waals surface area contributed by atoms with E-state index >= 15 is 0 Å². The first-order valence-corrected chi connectivity index (χ1v) is 11.1. The fourth-order valence-electron chi connectivity index (χ4n) is 3.78. The maximum Gasteiger partial charge on any atom is 0.233 e. The van der Waals surface area contributed by atoms with Crippen LogP contribution in [0.15, 0.2) is 60.7 Å². The minimum atomic E-state index is 0.0316. The van der Waals surface area contributed by atoms with Crippen molar-refractivity contribution in [2.45, 2.75) is 33.7 Å². The third-order valence-corrected chi connectivity index (χ3v) is 6.59. The molecule has 30 heavy (non-hydrogen) atoms. The predicted octanol–water partition coefficient (Wildman–Crippen LogP) is 6.65. The van der Waals surface area contributed by atoms with Crippen molar-refractivity contribution in [2.75, 3.05) is 4.90 Å². The summed E-state index contributed by atoms with van der Waals surface area (Å²) in [5, 5.41) is 1.28. The second-order valence-corrected chi connectivity index (χ2v) is 9.02. The quantitative estimate of drug-likeness (QED) is 0.352. The van der Waals surface area contributed by atoms with Gasteiger partial charge in [0.15, 0.2) is 5.13 Å². The third-order valence-electron chi connectivity index (χ3n) is 5.24. The standard InChI is InChI=1S/C25H23ClN2OS/c1-16-12-17(2)20(18(3)13-16)14-23(29)28(15-19-8-5-4-6-9-19)25-27-24-21(26)10-7-11-22(24)30-25/h4-13H,14-15H2,1-3H3. The van der Waals surface area contributed by atoms with E-state index in [4.69, 9.17) is 16.6 Å².